The number of thioether (sulfide) groups is 1. The molecule has 23 heavy (non-hydrogen) atoms. The van der Waals surface area contributed by atoms with Crippen LogP contribution in [0.4, 0.5) is 0 Å². The predicted molar refractivity (Wildman–Crippen MR) is 96.8 cm³/mol. The van der Waals surface area contributed by atoms with Crippen LogP contribution in [0.2, 0.25) is 0 Å². The van der Waals surface area contributed by atoms with Gasteiger partial charge in [0.2, 0.25) is 5.91 Å². The van der Waals surface area contributed by atoms with Crippen LogP contribution in [-0.2, 0) is 17.8 Å². The lowest BCUT2D eigenvalue weighted by atomic mass is 10.1. The molecule has 6 heteroatoms. The van der Waals surface area contributed by atoms with Gasteiger partial charge in [0.1, 0.15) is 5.25 Å². The molecule has 0 radical (unpaired) electrons. The van der Waals surface area contributed by atoms with E-state index >= 15 is 0 Å². The third-order valence-electron chi connectivity index (χ3n) is 3.80. The summed E-state index contributed by atoms with van der Waals surface area (Å²) in [4.78, 5) is 17.8. The number of aromatic nitrogens is 1. The lowest BCUT2D eigenvalue weighted by molar-refractivity contribution is -0.120. The zero-order valence-corrected chi connectivity index (χ0v) is 14.6. The maximum Gasteiger partial charge on any atom is 0.237 e. The molecule has 3 rings (SSSR count). The first-order valence-electron chi connectivity index (χ1n) is 7.90. The second kappa shape index (κ2) is 8.47. The Morgan fingerprint density at radius 3 is 3.17 bits per heavy atom. The minimum Gasteiger partial charge on any atom is -0.355 e. The third kappa shape index (κ3) is 4.56. The van der Waals surface area contributed by atoms with Crippen molar-refractivity contribution in [2.75, 3.05) is 18.8 Å². The summed E-state index contributed by atoms with van der Waals surface area (Å²) < 4.78 is 0. The van der Waals surface area contributed by atoms with Crippen LogP contribution in [0.1, 0.15) is 27.7 Å². The Hall–Kier alpha value is -1.37. The van der Waals surface area contributed by atoms with Gasteiger partial charge in [-0.3, -0.25) is 9.78 Å². The predicted octanol–water partition coefficient (Wildman–Crippen LogP) is 2.77. The maximum atomic E-state index is 12.4. The minimum absolute atomic E-state index is 0.0200. The smallest absolute Gasteiger partial charge is 0.237 e. The Balaban J connectivity index is 1.34. The summed E-state index contributed by atoms with van der Waals surface area (Å²) in [5.41, 5.74) is 2.40. The summed E-state index contributed by atoms with van der Waals surface area (Å²) in [5.74, 6) is 1.19. The van der Waals surface area contributed by atoms with Crippen molar-refractivity contribution < 1.29 is 4.79 Å². The van der Waals surface area contributed by atoms with Gasteiger partial charge < -0.3 is 10.6 Å². The Morgan fingerprint density at radius 2 is 2.30 bits per heavy atom. The van der Waals surface area contributed by atoms with Gasteiger partial charge in [-0.15, -0.1) is 23.1 Å². The largest absolute Gasteiger partial charge is 0.355 e. The molecule has 1 amide bonds. The van der Waals surface area contributed by atoms with E-state index in [2.05, 4.69) is 33.1 Å². The van der Waals surface area contributed by atoms with Gasteiger partial charge in [0.05, 0.1) is 0 Å². The molecule has 1 atom stereocenters. The number of pyridine rings is 1. The van der Waals surface area contributed by atoms with Crippen LogP contribution in [0.25, 0.3) is 0 Å². The van der Waals surface area contributed by atoms with Crippen molar-refractivity contribution in [2.24, 2.45) is 0 Å². The number of thiophene rings is 1. The fourth-order valence-corrected chi connectivity index (χ4v) is 4.93. The van der Waals surface area contributed by atoms with Crippen molar-refractivity contribution in [1.29, 1.82) is 0 Å². The zero-order chi connectivity index (χ0) is 15.9. The van der Waals surface area contributed by atoms with Crippen LogP contribution in [0, 0.1) is 0 Å². The first kappa shape index (κ1) is 16.5. The number of hydrogen-bond acceptors (Lipinski definition) is 5. The van der Waals surface area contributed by atoms with Crippen LogP contribution < -0.4 is 10.6 Å². The minimum atomic E-state index is -0.0200. The highest BCUT2D eigenvalue weighted by atomic mass is 32.2. The van der Waals surface area contributed by atoms with Crippen LogP contribution >= 0.6 is 23.1 Å². The molecule has 4 nitrogen and oxygen atoms in total. The number of nitrogens with zero attached hydrogens (tertiary/aromatic N) is 1. The van der Waals surface area contributed by atoms with E-state index in [0.29, 0.717) is 0 Å². The molecule has 1 aliphatic heterocycles. The monoisotopic (exact) mass is 347 g/mol. The van der Waals surface area contributed by atoms with E-state index in [4.69, 9.17) is 0 Å². The van der Waals surface area contributed by atoms with E-state index in [0.717, 1.165) is 38.2 Å². The quantitative estimate of drug-likeness (QED) is 0.756. The number of aryl methyl sites for hydroxylation is 1. The fourth-order valence-electron chi connectivity index (χ4n) is 2.62. The van der Waals surface area contributed by atoms with Gasteiger partial charge in [-0.25, -0.2) is 0 Å². The molecule has 0 fully saturated rings. The van der Waals surface area contributed by atoms with Gasteiger partial charge in [0.25, 0.3) is 0 Å². The number of amides is 1. The number of carbonyl (C=O) groups excluding carboxylic acids is 1. The lowest BCUT2D eigenvalue weighted by Gasteiger charge is -2.21. The van der Waals surface area contributed by atoms with E-state index < -0.39 is 0 Å². The van der Waals surface area contributed by atoms with Crippen molar-refractivity contribution >= 4 is 29.0 Å². The van der Waals surface area contributed by atoms with E-state index in [1.165, 1.54) is 16.0 Å². The summed E-state index contributed by atoms with van der Waals surface area (Å²) in [6.45, 7) is 2.42. The van der Waals surface area contributed by atoms with Crippen LogP contribution in [-0.4, -0.2) is 29.7 Å². The van der Waals surface area contributed by atoms with Crippen molar-refractivity contribution in [3.8, 4) is 0 Å². The molecule has 1 unspecified atom stereocenters. The van der Waals surface area contributed by atoms with Gasteiger partial charge in [-0.1, -0.05) is 6.07 Å². The Kier molecular flexibility index (Phi) is 6.07. The number of nitrogens with one attached hydrogen (secondary N) is 2. The Labute approximate surface area is 145 Å². The summed E-state index contributed by atoms with van der Waals surface area (Å²) in [5, 5.41) is 8.52. The molecule has 122 valence electrons. The highest BCUT2D eigenvalue weighted by molar-refractivity contribution is 8.00. The highest BCUT2D eigenvalue weighted by Crippen LogP contribution is 2.39. The molecule has 0 bridgehead atoms. The number of carbonyl (C=O) groups is 1. The number of hydrogen-bond donors (Lipinski definition) is 2. The molecule has 0 aliphatic carbocycles. The SMILES string of the molecule is O=C(NCCCNCc1cccnc1)C1SCCc2sccc21. The van der Waals surface area contributed by atoms with Crippen LogP contribution in [0.15, 0.2) is 36.0 Å². The lowest BCUT2D eigenvalue weighted by Crippen LogP contribution is -2.31. The number of fused-ring (bicyclic) bond motifs is 1. The Bertz CT molecular complexity index is 630. The van der Waals surface area contributed by atoms with E-state index in [1.54, 1.807) is 29.3 Å². The molecule has 2 aromatic heterocycles. The summed E-state index contributed by atoms with van der Waals surface area (Å²) >= 11 is 3.53. The van der Waals surface area contributed by atoms with E-state index in [-0.39, 0.29) is 11.2 Å². The van der Waals surface area contributed by atoms with Gasteiger partial charge in [0.15, 0.2) is 0 Å². The molecule has 2 N–H and O–H groups in total. The standard InChI is InChI=1S/C17H21N3OS2/c21-17(16-14-4-9-22-15(14)5-10-23-16)20-8-2-7-19-12-13-3-1-6-18-11-13/h1,3-4,6,9,11,16,19H,2,5,7-8,10,12H2,(H,20,21). The molecule has 1 aliphatic rings. The van der Waals surface area contributed by atoms with Crippen molar-refractivity contribution in [1.82, 2.24) is 15.6 Å². The topological polar surface area (TPSA) is 54.0 Å². The summed E-state index contributed by atoms with van der Waals surface area (Å²) in [7, 11) is 0. The molecule has 0 saturated carbocycles. The Morgan fingerprint density at radius 1 is 1.35 bits per heavy atom. The van der Waals surface area contributed by atoms with E-state index in [9.17, 15) is 4.79 Å². The normalized spacial score (nSPS) is 16.8. The second-order valence-corrected chi connectivity index (χ2v) is 7.70. The molecule has 2 aromatic rings. The van der Waals surface area contributed by atoms with Gasteiger partial charge in [-0.05, 0) is 53.8 Å². The first-order chi connectivity index (χ1) is 11.3. The first-order valence-corrected chi connectivity index (χ1v) is 9.82. The van der Waals surface area contributed by atoms with E-state index in [1.807, 2.05) is 12.3 Å². The van der Waals surface area contributed by atoms with Crippen molar-refractivity contribution in [2.45, 2.75) is 24.6 Å². The molecular weight excluding hydrogens is 326 g/mol. The van der Waals surface area contributed by atoms with Gasteiger partial charge in [0, 0.05) is 30.4 Å². The highest BCUT2D eigenvalue weighted by Gasteiger charge is 2.27. The van der Waals surface area contributed by atoms with Crippen LogP contribution in [0.5, 0.6) is 0 Å². The van der Waals surface area contributed by atoms with Crippen molar-refractivity contribution in [3.05, 3.63) is 52.0 Å². The molecule has 0 saturated heterocycles. The number of rotatable bonds is 7. The molecule has 0 aromatic carbocycles. The average Bonchev–Trinajstić information content (AvgIpc) is 3.07. The van der Waals surface area contributed by atoms with Gasteiger partial charge in [-0.2, -0.15) is 0 Å². The maximum absolute atomic E-state index is 12.4. The van der Waals surface area contributed by atoms with Crippen LogP contribution in [0.3, 0.4) is 0 Å². The summed E-state index contributed by atoms with van der Waals surface area (Å²) in [6, 6.07) is 6.10. The van der Waals surface area contributed by atoms with Crippen molar-refractivity contribution in [3.63, 3.8) is 0 Å². The zero-order valence-electron chi connectivity index (χ0n) is 13.0. The molecule has 3 heterocycles. The molecule has 0 spiro atoms. The summed E-state index contributed by atoms with van der Waals surface area (Å²) in [6.07, 6.45) is 5.67. The average molecular weight is 348 g/mol. The molecular formula is C17H21N3OS2. The second-order valence-electron chi connectivity index (χ2n) is 5.48. The third-order valence-corrected chi connectivity index (χ3v) is 6.03. The fraction of sp³-hybridized carbons (Fsp3) is 0.412. The van der Waals surface area contributed by atoms with Gasteiger partial charge >= 0.3 is 0 Å².